The Bertz CT molecular complexity index is 442. The molecular weight excluding hydrogens is 292 g/mol. The number of likely N-dealkylation sites (tertiary alicyclic amines) is 1. The van der Waals surface area contributed by atoms with Gasteiger partial charge in [0.05, 0.1) is 17.9 Å². The normalized spacial score (nSPS) is 27.5. The highest BCUT2D eigenvalue weighted by atomic mass is 16.3. The van der Waals surface area contributed by atoms with Gasteiger partial charge in [0.2, 0.25) is 11.8 Å². The molecular formula is C18H30N2O3. The second-order valence-corrected chi connectivity index (χ2v) is 7.83. The lowest BCUT2D eigenvalue weighted by Crippen LogP contribution is -2.48. The fourth-order valence-corrected chi connectivity index (χ4v) is 3.91. The number of carbonyl (C=O) groups is 2. The Labute approximate surface area is 138 Å². The second kappa shape index (κ2) is 7.20. The summed E-state index contributed by atoms with van der Waals surface area (Å²) in [5.41, 5.74) is -0.809. The Morgan fingerprint density at radius 2 is 1.83 bits per heavy atom. The molecule has 3 rings (SSSR count). The Morgan fingerprint density at radius 3 is 2.52 bits per heavy atom. The molecule has 2 saturated carbocycles. The number of hydrogen-bond acceptors (Lipinski definition) is 3. The predicted molar refractivity (Wildman–Crippen MR) is 87.7 cm³/mol. The lowest BCUT2D eigenvalue weighted by molar-refractivity contribution is -0.141. The highest BCUT2D eigenvalue weighted by Gasteiger charge is 2.35. The molecule has 1 saturated heterocycles. The zero-order valence-corrected chi connectivity index (χ0v) is 14.1. The number of hydrogen-bond donors (Lipinski definition) is 2. The van der Waals surface area contributed by atoms with Crippen molar-refractivity contribution in [1.29, 1.82) is 0 Å². The first-order chi connectivity index (χ1) is 11.1. The molecule has 2 amide bonds. The molecule has 0 aromatic heterocycles. The monoisotopic (exact) mass is 322 g/mol. The number of nitrogens with zero attached hydrogens (tertiary/aromatic N) is 1. The van der Waals surface area contributed by atoms with Crippen molar-refractivity contribution in [3.63, 3.8) is 0 Å². The third-order valence-electron chi connectivity index (χ3n) is 5.67. The van der Waals surface area contributed by atoms with Gasteiger partial charge in [0, 0.05) is 19.6 Å². The number of piperidine rings is 1. The summed E-state index contributed by atoms with van der Waals surface area (Å²) in [5, 5.41) is 13.6. The molecule has 0 aromatic rings. The van der Waals surface area contributed by atoms with Crippen molar-refractivity contribution in [2.45, 2.75) is 69.8 Å². The lowest BCUT2D eigenvalue weighted by Gasteiger charge is -2.36. The quantitative estimate of drug-likeness (QED) is 0.811. The van der Waals surface area contributed by atoms with Crippen LogP contribution in [0.4, 0.5) is 0 Å². The van der Waals surface area contributed by atoms with Crippen molar-refractivity contribution < 1.29 is 14.7 Å². The summed E-state index contributed by atoms with van der Waals surface area (Å²) in [5.74, 6) is 0.730. The van der Waals surface area contributed by atoms with Gasteiger partial charge in [-0.15, -0.1) is 0 Å². The smallest absolute Gasteiger partial charge is 0.225 e. The number of aliphatic hydroxyl groups is 1. The molecule has 130 valence electrons. The van der Waals surface area contributed by atoms with Crippen LogP contribution in [0.15, 0.2) is 0 Å². The highest BCUT2D eigenvalue weighted by molar-refractivity contribution is 5.81. The van der Waals surface area contributed by atoms with Crippen LogP contribution in [0.1, 0.15) is 64.2 Å². The van der Waals surface area contributed by atoms with E-state index in [1.807, 2.05) is 0 Å². The third-order valence-corrected chi connectivity index (χ3v) is 5.67. The van der Waals surface area contributed by atoms with Crippen molar-refractivity contribution in [2.24, 2.45) is 11.8 Å². The van der Waals surface area contributed by atoms with Gasteiger partial charge in [0.1, 0.15) is 0 Å². The zero-order valence-electron chi connectivity index (χ0n) is 14.1. The number of nitrogens with one attached hydrogen (secondary N) is 1. The van der Waals surface area contributed by atoms with E-state index < -0.39 is 5.60 Å². The minimum atomic E-state index is -0.809. The second-order valence-electron chi connectivity index (χ2n) is 7.83. The molecule has 1 aliphatic heterocycles. The lowest BCUT2D eigenvalue weighted by atomic mass is 9.82. The molecule has 0 bridgehead atoms. The Morgan fingerprint density at radius 1 is 1.09 bits per heavy atom. The molecule has 1 atom stereocenters. The first-order valence-corrected chi connectivity index (χ1v) is 9.34. The minimum Gasteiger partial charge on any atom is -0.389 e. The third kappa shape index (κ3) is 4.69. The summed E-state index contributed by atoms with van der Waals surface area (Å²) in [4.78, 5) is 26.6. The van der Waals surface area contributed by atoms with Crippen molar-refractivity contribution in [2.75, 3.05) is 19.6 Å². The van der Waals surface area contributed by atoms with Crippen LogP contribution in [0, 0.1) is 11.8 Å². The molecule has 0 aromatic carbocycles. The van der Waals surface area contributed by atoms with Gasteiger partial charge in [-0.1, -0.05) is 19.3 Å². The van der Waals surface area contributed by atoms with Crippen molar-refractivity contribution in [3.05, 3.63) is 0 Å². The SMILES string of the molecule is O=C(NCC1CC1)C1CCCN(C(=O)CC2(O)CCCCC2)C1. The van der Waals surface area contributed by atoms with Crippen LogP contribution >= 0.6 is 0 Å². The van der Waals surface area contributed by atoms with E-state index in [1.54, 1.807) is 4.90 Å². The first kappa shape index (κ1) is 16.7. The number of amides is 2. The molecule has 5 heteroatoms. The van der Waals surface area contributed by atoms with Crippen molar-refractivity contribution in [3.8, 4) is 0 Å². The molecule has 3 aliphatic rings. The van der Waals surface area contributed by atoms with Crippen LogP contribution < -0.4 is 5.32 Å². The fourth-order valence-electron chi connectivity index (χ4n) is 3.91. The molecule has 1 unspecified atom stereocenters. The van der Waals surface area contributed by atoms with E-state index in [9.17, 15) is 14.7 Å². The van der Waals surface area contributed by atoms with E-state index in [0.717, 1.165) is 58.0 Å². The molecule has 1 heterocycles. The van der Waals surface area contributed by atoms with E-state index in [4.69, 9.17) is 0 Å². The summed E-state index contributed by atoms with van der Waals surface area (Å²) >= 11 is 0. The van der Waals surface area contributed by atoms with Gasteiger partial charge in [-0.2, -0.15) is 0 Å². The molecule has 5 nitrogen and oxygen atoms in total. The van der Waals surface area contributed by atoms with Gasteiger partial charge in [0.25, 0.3) is 0 Å². The van der Waals surface area contributed by atoms with Crippen LogP contribution in [-0.4, -0.2) is 47.1 Å². The Balaban J connectivity index is 1.48. The van der Waals surface area contributed by atoms with Gasteiger partial charge in [-0.05, 0) is 44.4 Å². The van der Waals surface area contributed by atoms with Crippen molar-refractivity contribution >= 4 is 11.8 Å². The number of carbonyl (C=O) groups excluding carboxylic acids is 2. The Hall–Kier alpha value is -1.10. The fraction of sp³-hybridized carbons (Fsp3) is 0.889. The van der Waals surface area contributed by atoms with Crippen LogP contribution in [0.3, 0.4) is 0 Å². The molecule has 0 spiro atoms. The Kier molecular flexibility index (Phi) is 5.24. The highest BCUT2D eigenvalue weighted by Crippen LogP contribution is 2.32. The maximum atomic E-state index is 12.6. The molecule has 2 aliphatic carbocycles. The van der Waals surface area contributed by atoms with Crippen LogP contribution in [-0.2, 0) is 9.59 Å². The average Bonchev–Trinajstić information content (AvgIpc) is 3.37. The first-order valence-electron chi connectivity index (χ1n) is 9.34. The van der Waals surface area contributed by atoms with Gasteiger partial charge < -0.3 is 15.3 Å². The summed E-state index contributed by atoms with van der Waals surface area (Å²) in [6.45, 7) is 2.04. The van der Waals surface area contributed by atoms with Gasteiger partial charge in [0.15, 0.2) is 0 Å². The standard InChI is InChI=1S/C18H30N2O3/c21-16(11-18(23)8-2-1-3-9-18)20-10-4-5-15(13-20)17(22)19-12-14-6-7-14/h14-15,23H,1-13H2,(H,19,22). The largest absolute Gasteiger partial charge is 0.389 e. The average molecular weight is 322 g/mol. The van der Waals surface area contributed by atoms with Gasteiger partial charge >= 0.3 is 0 Å². The molecule has 23 heavy (non-hydrogen) atoms. The summed E-state index contributed by atoms with van der Waals surface area (Å²) in [7, 11) is 0. The summed E-state index contributed by atoms with van der Waals surface area (Å²) < 4.78 is 0. The van der Waals surface area contributed by atoms with E-state index in [1.165, 1.54) is 12.8 Å². The maximum Gasteiger partial charge on any atom is 0.225 e. The summed E-state index contributed by atoms with van der Waals surface area (Å²) in [6.07, 6.45) is 9.08. The van der Waals surface area contributed by atoms with Crippen LogP contribution in [0.5, 0.6) is 0 Å². The van der Waals surface area contributed by atoms with E-state index in [-0.39, 0.29) is 24.2 Å². The zero-order chi connectivity index (χ0) is 16.3. The van der Waals surface area contributed by atoms with Crippen LogP contribution in [0.25, 0.3) is 0 Å². The van der Waals surface area contributed by atoms with Crippen molar-refractivity contribution in [1.82, 2.24) is 10.2 Å². The summed E-state index contributed by atoms with van der Waals surface area (Å²) in [6, 6.07) is 0. The van der Waals surface area contributed by atoms with E-state index in [0.29, 0.717) is 12.5 Å². The topological polar surface area (TPSA) is 69.6 Å². The number of rotatable bonds is 5. The van der Waals surface area contributed by atoms with Crippen LogP contribution in [0.2, 0.25) is 0 Å². The minimum absolute atomic E-state index is 0.0223. The van der Waals surface area contributed by atoms with Gasteiger partial charge in [-0.25, -0.2) is 0 Å². The molecule has 0 radical (unpaired) electrons. The molecule has 2 N–H and O–H groups in total. The predicted octanol–water partition coefficient (Wildman–Crippen LogP) is 1.84. The van der Waals surface area contributed by atoms with E-state index in [2.05, 4.69) is 5.32 Å². The van der Waals surface area contributed by atoms with E-state index >= 15 is 0 Å². The molecule has 3 fully saturated rings. The maximum absolute atomic E-state index is 12.6. The van der Waals surface area contributed by atoms with Gasteiger partial charge in [-0.3, -0.25) is 9.59 Å².